The number of hydrogen-bond donors (Lipinski definition) is 1. The van der Waals surface area contributed by atoms with Gasteiger partial charge in [0.25, 0.3) is 0 Å². The zero-order valence-electron chi connectivity index (χ0n) is 7.78. The van der Waals surface area contributed by atoms with E-state index in [-0.39, 0.29) is 5.92 Å². The Kier molecular flexibility index (Phi) is 3.44. The fourth-order valence-electron chi connectivity index (χ4n) is 1.73. The maximum atomic E-state index is 10.0. The van der Waals surface area contributed by atoms with Crippen LogP contribution in [0.5, 0.6) is 0 Å². The quantitative estimate of drug-likeness (QED) is 0.850. The van der Waals surface area contributed by atoms with Crippen LogP contribution in [0.15, 0.2) is 11.4 Å². The number of halogens is 1. The highest BCUT2D eigenvalue weighted by atomic mass is 35.5. The molecule has 1 aliphatic heterocycles. The van der Waals surface area contributed by atoms with Crippen molar-refractivity contribution in [1.29, 1.82) is 0 Å². The second kappa shape index (κ2) is 4.62. The van der Waals surface area contributed by atoms with E-state index in [0.29, 0.717) is 11.6 Å². The summed E-state index contributed by atoms with van der Waals surface area (Å²) < 4.78 is 5.34. The molecule has 0 amide bonds. The van der Waals surface area contributed by atoms with Crippen molar-refractivity contribution in [2.75, 3.05) is 13.2 Å². The van der Waals surface area contributed by atoms with Crippen molar-refractivity contribution >= 4 is 22.9 Å². The molecule has 0 aromatic carbocycles. The van der Waals surface area contributed by atoms with E-state index < -0.39 is 6.10 Å². The third-order valence-corrected chi connectivity index (χ3v) is 3.87. The number of aliphatic hydroxyl groups excluding tert-OH is 1. The Morgan fingerprint density at radius 1 is 1.64 bits per heavy atom. The molecule has 0 radical (unpaired) electrons. The standard InChI is InChI=1S/C10H13ClO2S/c11-8-4-9(14-6-8)10(12)7-2-1-3-13-5-7/h4,6-7,10,12H,1-3,5H2. The molecule has 0 bridgehead atoms. The Hall–Kier alpha value is -0.0900. The zero-order valence-corrected chi connectivity index (χ0v) is 9.35. The Morgan fingerprint density at radius 2 is 2.50 bits per heavy atom. The van der Waals surface area contributed by atoms with Gasteiger partial charge >= 0.3 is 0 Å². The van der Waals surface area contributed by atoms with Gasteiger partial charge in [0.15, 0.2) is 0 Å². The smallest absolute Gasteiger partial charge is 0.0932 e. The molecule has 1 fully saturated rings. The van der Waals surface area contributed by atoms with E-state index in [9.17, 15) is 5.11 Å². The predicted octanol–water partition coefficient (Wildman–Crippen LogP) is 2.86. The molecule has 2 unspecified atom stereocenters. The van der Waals surface area contributed by atoms with E-state index in [1.165, 1.54) is 11.3 Å². The second-order valence-electron chi connectivity index (χ2n) is 3.59. The van der Waals surface area contributed by atoms with Crippen LogP contribution in [0.2, 0.25) is 5.02 Å². The first-order valence-corrected chi connectivity index (χ1v) is 6.03. The van der Waals surface area contributed by atoms with Crippen molar-refractivity contribution in [3.05, 3.63) is 21.3 Å². The zero-order chi connectivity index (χ0) is 9.97. The van der Waals surface area contributed by atoms with Crippen molar-refractivity contribution in [1.82, 2.24) is 0 Å². The average Bonchev–Trinajstić information content (AvgIpc) is 2.65. The molecule has 2 heterocycles. The summed E-state index contributed by atoms with van der Waals surface area (Å²) in [7, 11) is 0. The monoisotopic (exact) mass is 232 g/mol. The molecule has 1 N–H and O–H groups in total. The van der Waals surface area contributed by atoms with Gasteiger partial charge in [-0.3, -0.25) is 0 Å². The van der Waals surface area contributed by atoms with Gasteiger partial charge in [-0.25, -0.2) is 0 Å². The van der Waals surface area contributed by atoms with Crippen LogP contribution in [0.25, 0.3) is 0 Å². The fourth-order valence-corrected chi connectivity index (χ4v) is 2.89. The molecule has 1 saturated heterocycles. The lowest BCUT2D eigenvalue weighted by Gasteiger charge is -2.25. The summed E-state index contributed by atoms with van der Waals surface area (Å²) in [6, 6.07) is 1.84. The topological polar surface area (TPSA) is 29.5 Å². The normalized spacial score (nSPS) is 24.9. The van der Waals surface area contributed by atoms with E-state index in [0.717, 1.165) is 24.3 Å². The van der Waals surface area contributed by atoms with Crippen LogP contribution in [0, 0.1) is 5.92 Å². The maximum Gasteiger partial charge on any atom is 0.0932 e. The van der Waals surface area contributed by atoms with Gasteiger partial charge in [0.1, 0.15) is 0 Å². The number of rotatable bonds is 2. The molecule has 1 aliphatic rings. The van der Waals surface area contributed by atoms with Crippen LogP contribution in [0.3, 0.4) is 0 Å². The molecule has 2 nitrogen and oxygen atoms in total. The fraction of sp³-hybridized carbons (Fsp3) is 0.600. The highest BCUT2D eigenvalue weighted by Crippen LogP contribution is 2.33. The molecule has 14 heavy (non-hydrogen) atoms. The minimum absolute atomic E-state index is 0.235. The Bertz CT molecular complexity index is 294. The Morgan fingerprint density at radius 3 is 3.07 bits per heavy atom. The number of thiophene rings is 1. The van der Waals surface area contributed by atoms with E-state index in [2.05, 4.69) is 0 Å². The molecular formula is C10H13ClO2S. The highest BCUT2D eigenvalue weighted by Gasteiger charge is 2.24. The molecule has 0 aliphatic carbocycles. The SMILES string of the molecule is OC(c1cc(Cl)cs1)C1CCCOC1. The molecule has 4 heteroatoms. The molecule has 2 atom stereocenters. The largest absolute Gasteiger partial charge is 0.387 e. The lowest BCUT2D eigenvalue weighted by atomic mass is 9.95. The molecule has 0 saturated carbocycles. The summed E-state index contributed by atoms with van der Waals surface area (Å²) in [5.74, 6) is 0.235. The van der Waals surface area contributed by atoms with Crippen LogP contribution < -0.4 is 0 Å². The minimum Gasteiger partial charge on any atom is -0.387 e. The first-order chi connectivity index (χ1) is 6.77. The van der Waals surface area contributed by atoms with Gasteiger partial charge in [-0.05, 0) is 18.9 Å². The molecule has 0 spiro atoms. The third-order valence-electron chi connectivity index (χ3n) is 2.52. The van der Waals surface area contributed by atoms with E-state index in [1.807, 2.05) is 11.4 Å². The van der Waals surface area contributed by atoms with Gasteiger partial charge < -0.3 is 9.84 Å². The third kappa shape index (κ3) is 2.28. The van der Waals surface area contributed by atoms with Crippen LogP contribution >= 0.6 is 22.9 Å². The second-order valence-corrected chi connectivity index (χ2v) is 4.97. The van der Waals surface area contributed by atoms with Crippen molar-refractivity contribution in [3.8, 4) is 0 Å². The maximum absolute atomic E-state index is 10.0. The summed E-state index contributed by atoms with van der Waals surface area (Å²) in [5, 5.41) is 12.6. The highest BCUT2D eigenvalue weighted by molar-refractivity contribution is 7.10. The van der Waals surface area contributed by atoms with Crippen molar-refractivity contribution < 1.29 is 9.84 Å². The minimum atomic E-state index is -0.409. The lowest BCUT2D eigenvalue weighted by Crippen LogP contribution is -2.23. The van der Waals surface area contributed by atoms with E-state index in [4.69, 9.17) is 16.3 Å². The van der Waals surface area contributed by atoms with Crippen molar-refractivity contribution in [2.24, 2.45) is 5.92 Å². The van der Waals surface area contributed by atoms with Crippen LogP contribution in [0.4, 0.5) is 0 Å². The summed E-state index contributed by atoms with van der Waals surface area (Å²) in [5.41, 5.74) is 0. The van der Waals surface area contributed by atoms with Crippen LogP contribution in [-0.4, -0.2) is 18.3 Å². The van der Waals surface area contributed by atoms with Gasteiger partial charge in [0.2, 0.25) is 0 Å². The van der Waals surface area contributed by atoms with Crippen LogP contribution in [-0.2, 0) is 4.74 Å². The lowest BCUT2D eigenvalue weighted by molar-refractivity contribution is -0.00862. The number of aliphatic hydroxyl groups is 1. The predicted molar refractivity (Wildman–Crippen MR) is 57.8 cm³/mol. The molecule has 1 aromatic heterocycles. The number of ether oxygens (including phenoxy) is 1. The molecule has 1 aromatic rings. The van der Waals surface area contributed by atoms with Crippen molar-refractivity contribution in [3.63, 3.8) is 0 Å². The summed E-state index contributed by atoms with van der Waals surface area (Å²) in [6.45, 7) is 1.49. The first-order valence-electron chi connectivity index (χ1n) is 4.77. The van der Waals surface area contributed by atoms with Gasteiger partial charge in [-0.15, -0.1) is 11.3 Å². The molecular weight excluding hydrogens is 220 g/mol. The first kappa shape index (κ1) is 10.4. The van der Waals surface area contributed by atoms with Crippen LogP contribution in [0.1, 0.15) is 23.8 Å². The van der Waals surface area contributed by atoms with E-state index >= 15 is 0 Å². The molecule has 78 valence electrons. The van der Waals surface area contributed by atoms with Crippen molar-refractivity contribution in [2.45, 2.75) is 18.9 Å². The average molecular weight is 233 g/mol. The summed E-state index contributed by atoms with van der Waals surface area (Å²) in [4.78, 5) is 0.950. The number of hydrogen-bond acceptors (Lipinski definition) is 3. The Balaban J connectivity index is 2.03. The van der Waals surface area contributed by atoms with Gasteiger partial charge in [-0.2, -0.15) is 0 Å². The summed E-state index contributed by atoms with van der Waals surface area (Å²) in [6.07, 6.45) is 1.67. The van der Waals surface area contributed by atoms with Gasteiger partial charge in [0.05, 0.1) is 17.7 Å². The molecule has 2 rings (SSSR count). The summed E-state index contributed by atoms with van der Waals surface area (Å²) >= 11 is 7.33. The van der Waals surface area contributed by atoms with Gasteiger partial charge in [0, 0.05) is 22.8 Å². The Labute approximate surface area is 92.5 Å². The van der Waals surface area contributed by atoms with E-state index in [1.54, 1.807) is 0 Å². The van der Waals surface area contributed by atoms with Gasteiger partial charge in [-0.1, -0.05) is 11.6 Å².